The normalized spacial score (nSPS) is 15.8. The van der Waals surface area contributed by atoms with Crippen LogP contribution in [-0.2, 0) is 6.18 Å². The van der Waals surface area contributed by atoms with Crippen molar-refractivity contribution in [2.75, 3.05) is 23.8 Å². The summed E-state index contributed by atoms with van der Waals surface area (Å²) in [6.07, 6.45) is -0.290. The van der Waals surface area contributed by atoms with Gasteiger partial charge in [0.05, 0.1) is 17.8 Å². The molecule has 0 unspecified atom stereocenters. The second kappa shape index (κ2) is 5.65. The van der Waals surface area contributed by atoms with Gasteiger partial charge in [0.1, 0.15) is 5.82 Å². The summed E-state index contributed by atoms with van der Waals surface area (Å²) in [5.41, 5.74) is -0.493. The Labute approximate surface area is 127 Å². The Kier molecular flexibility index (Phi) is 4.29. The molecule has 0 saturated heterocycles. The molecule has 108 valence electrons. The van der Waals surface area contributed by atoms with Crippen molar-refractivity contribution in [1.82, 2.24) is 4.98 Å². The minimum atomic E-state index is -4.44. The van der Waals surface area contributed by atoms with E-state index in [1.807, 2.05) is 0 Å². The number of alkyl halides is 3. The lowest BCUT2D eigenvalue weighted by Gasteiger charge is -2.26. The zero-order valence-corrected chi connectivity index (χ0v) is 12.6. The Balaban J connectivity index is 2.47. The van der Waals surface area contributed by atoms with Crippen LogP contribution in [0.2, 0.25) is 0 Å². The smallest absolute Gasteiger partial charge is 0.371 e. The molecule has 8 heteroatoms. The van der Waals surface area contributed by atoms with E-state index < -0.39 is 11.7 Å². The summed E-state index contributed by atoms with van der Waals surface area (Å²) < 4.78 is 39.0. The maximum absolute atomic E-state index is 12.8. The highest BCUT2D eigenvalue weighted by Crippen LogP contribution is 2.36. The van der Waals surface area contributed by atoms with E-state index in [2.05, 4.69) is 26.2 Å². The standard InChI is InChI=1S/C12H10BrClF3N3/c1-18-11-10(2-7(4-19-11)12(15,16)17)20-5-8(13)3-9(14)6-20/h2-5H,6H2,1H3,(H,18,19). The minimum Gasteiger partial charge on any atom is -0.371 e. The summed E-state index contributed by atoms with van der Waals surface area (Å²) in [5, 5.41) is 3.29. The number of aromatic nitrogens is 1. The summed E-state index contributed by atoms with van der Waals surface area (Å²) in [6, 6.07) is 1.05. The largest absolute Gasteiger partial charge is 0.417 e. The van der Waals surface area contributed by atoms with Crippen molar-refractivity contribution < 1.29 is 13.2 Å². The van der Waals surface area contributed by atoms with Crippen molar-refractivity contribution in [3.63, 3.8) is 0 Å². The molecule has 2 rings (SSSR count). The van der Waals surface area contributed by atoms with Crippen LogP contribution in [0.5, 0.6) is 0 Å². The lowest BCUT2D eigenvalue weighted by atomic mass is 10.2. The number of hydrogen-bond donors (Lipinski definition) is 1. The topological polar surface area (TPSA) is 28.2 Å². The number of allylic oxidation sites excluding steroid dienone is 2. The summed E-state index contributed by atoms with van der Waals surface area (Å²) in [6.45, 7) is 0.286. The number of halogens is 5. The van der Waals surface area contributed by atoms with Crippen LogP contribution in [0, 0.1) is 0 Å². The van der Waals surface area contributed by atoms with Crippen LogP contribution < -0.4 is 10.2 Å². The Bertz CT molecular complexity index is 584. The van der Waals surface area contributed by atoms with E-state index >= 15 is 0 Å². The molecule has 0 amide bonds. The third-order valence-electron chi connectivity index (χ3n) is 2.64. The average molecular weight is 369 g/mol. The van der Waals surface area contributed by atoms with E-state index in [0.717, 1.165) is 12.3 Å². The number of hydrogen-bond acceptors (Lipinski definition) is 3. The van der Waals surface area contributed by atoms with Crippen LogP contribution in [-0.4, -0.2) is 18.6 Å². The molecule has 20 heavy (non-hydrogen) atoms. The molecule has 0 bridgehead atoms. The molecule has 0 radical (unpaired) electrons. The highest BCUT2D eigenvalue weighted by molar-refractivity contribution is 9.11. The predicted octanol–water partition coefficient (Wildman–Crippen LogP) is 4.32. The van der Waals surface area contributed by atoms with Gasteiger partial charge in [-0.2, -0.15) is 13.2 Å². The molecule has 0 spiro atoms. The molecule has 1 aromatic rings. The van der Waals surface area contributed by atoms with E-state index in [1.54, 1.807) is 24.2 Å². The predicted molar refractivity (Wildman–Crippen MR) is 77.1 cm³/mol. The van der Waals surface area contributed by atoms with Crippen LogP contribution in [0.3, 0.4) is 0 Å². The number of rotatable bonds is 2. The second-order valence-corrected chi connectivity index (χ2v) is 5.47. The van der Waals surface area contributed by atoms with E-state index in [1.165, 1.54) is 0 Å². The maximum atomic E-state index is 12.8. The first kappa shape index (κ1) is 15.2. The quantitative estimate of drug-likeness (QED) is 0.842. The molecule has 2 heterocycles. The Morgan fingerprint density at radius 2 is 2.15 bits per heavy atom. The molecule has 1 aliphatic heterocycles. The van der Waals surface area contributed by atoms with Crippen LogP contribution in [0.25, 0.3) is 0 Å². The van der Waals surface area contributed by atoms with Gasteiger partial charge in [-0.1, -0.05) is 11.6 Å². The van der Waals surface area contributed by atoms with E-state index in [-0.39, 0.29) is 6.54 Å². The molecule has 0 fully saturated rings. The van der Waals surface area contributed by atoms with Gasteiger partial charge in [-0.15, -0.1) is 0 Å². The summed E-state index contributed by atoms with van der Waals surface area (Å²) in [5.74, 6) is 0.348. The fraction of sp³-hybridized carbons (Fsp3) is 0.250. The van der Waals surface area contributed by atoms with Crippen molar-refractivity contribution in [3.05, 3.63) is 39.6 Å². The third kappa shape index (κ3) is 3.27. The average Bonchev–Trinajstić information content (AvgIpc) is 2.35. The van der Waals surface area contributed by atoms with Gasteiger partial charge < -0.3 is 10.2 Å². The number of pyridine rings is 1. The fourth-order valence-corrected chi connectivity index (χ4v) is 2.67. The molecule has 0 aromatic carbocycles. The Hall–Kier alpha value is -1.21. The van der Waals surface area contributed by atoms with Crippen LogP contribution in [0.1, 0.15) is 5.56 Å². The van der Waals surface area contributed by atoms with Crippen molar-refractivity contribution in [1.29, 1.82) is 0 Å². The highest BCUT2D eigenvalue weighted by Gasteiger charge is 2.32. The SMILES string of the molecule is CNc1ncc(C(F)(F)F)cc1N1C=C(Br)C=C(Cl)C1. The zero-order valence-electron chi connectivity index (χ0n) is 10.3. The summed E-state index contributed by atoms with van der Waals surface area (Å²) in [4.78, 5) is 5.41. The lowest BCUT2D eigenvalue weighted by molar-refractivity contribution is -0.137. The molecule has 1 aromatic heterocycles. The van der Waals surface area contributed by atoms with Gasteiger partial charge in [0.15, 0.2) is 0 Å². The summed E-state index contributed by atoms with van der Waals surface area (Å²) in [7, 11) is 1.60. The van der Waals surface area contributed by atoms with E-state index in [9.17, 15) is 13.2 Å². The number of nitrogens with zero attached hydrogens (tertiary/aromatic N) is 2. The number of anilines is 2. The highest BCUT2D eigenvalue weighted by atomic mass is 79.9. The van der Waals surface area contributed by atoms with Gasteiger partial charge in [0, 0.05) is 29.0 Å². The third-order valence-corrected chi connectivity index (χ3v) is 3.30. The number of nitrogens with one attached hydrogen (secondary N) is 1. The monoisotopic (exact) mass is 367 g/mol. The van der Waals surface area contributed by atoms with Gasteiger partial charge in [-0.3, -0.25) is 0 Å². The summed E-state index contributed by atoms with van der Waals surface area (Å²) >= 11 is 9.23. The van der Waals surface area contributed by atoms with Crippen molar-refractivity contribution in [2.24, 2.45) is 0 Å². The molecule has 3 nitrogen and oxygen atoms in total. The van der Waals surface area contributed by atoms with E-state index in [0.29, 0.717) is 21.0 Å². The molecule has 1 N–H and O–H groups in total. The Morgan fingerprint density at radius 3 is 2.70 bits per heavy atom. The first-order valence-electron chi connectivity index (χ1n) is 5.56. The maximum Gasteiger partial charge on any atom is 0.417 e. The van der Waals surface area contributed by atoms with Gasteiger partial charge >= 0.3 is 6.18 Å². The lowest BCUT2D eigenvalue weighted by Crippen LogP contribution is -2.23. The van der Waals surface area contributed by atoms with E-state index in [4.69, 9.17) is 11.6 Å². The molecule has 1 aliphatic rings. The fourth-order valence-electron chi connectivity index (χ4n) is 1.76. The van der Waals surface area contributed by atoms with Gasteiger partial charge in [-0.05, 0) is 28.1 Å². The second-order valence-electron chi connectivity index (χ2n) is 4.07. The zero-order chi connectivity index (χ0) is 14.9. The molecular formula is C12H10BrClF3N3. The molecule has 0 saturated carbocycles. The first-order valence-corrected chi connectivity index (χ1v) is 6.73. The molecule has 0 atom stereocenters. The van der Waals surface area contributed by atoms with Gasteiger partial charge in [-0.25, -0.2) is 4.98 Å². The van der Waals surface area contributed by atoms with Crippen molar-refractivity contribution >= 4 is 39.0 Å². The van der Waals surface area contributed by atoms with Crippen LogP contribution in [0.4, 0.5) is 24.7 Å². The molecular weight excluding hydrogens is 359 g/mol. The van der Waals surface area contributed by atoms with Gasteiger partial charge in [0.2, 0.25) is 0 Å². The molecule has 0 aliphatic carbocycles. The van der Waals surface area contributed by atoms with Crippen molar-refractivity contribution in [3.8, 4) is 0 Å². The van der Waals surface area contributed by atoms with Crippen LogP contribution in [0.15, 0.2) is 34.1 Å². The first-order chi connectivity index (χ1) is 9.31. The Morgan fingerprint density at radius 1 is 1.45 bits per heavy atom. The van der Waals surface area contributed by atoms with Gasteiger partial charge in [0.25, 0.3) is 0 Å². The minimum absolute atomic E-state index is 0.286. The van der Waals surface area contributed by atoms with Crippen LogP contribution >= 0.6 is 27.5 Å². The van der Waals surface area contributed by atoms with Crippen molar-refractivity contribution in [2.45, 2.75) is 6.18 Å².